The number of rotatable bonds is 4. The third-order valence-electron chi connectivity index (χ3n) is 5.56. The molecule has 0 spiro atoms. The van der Waals surface area contributed by atoms with Gasteiger partial charge >= 0.3 is 19.2 Å². The molecule has 0 aliphatic carbocycles. The Morgan fingerprint density at radius 1 is 1.21 bits per heavy atom. The zero-order valence-corrected chi connectivity index (χ0v) is 18.5. The van der Waals surface area contributed by atoms with E-state index in [1.807, 2.05) is 48.5 Å². The summed E-state index contributed by atoms with van der Waals surface area (Å²) in [6.45, 7) is 15.4. The number of amides is 1. The van der Waals surface area contributed by atoms with Gasteiger partial charge in [0.1, 0.15) is 5.60 Å². The van der Waals surface area contributed by atoms with Crippen molar-refractivity contribution >= 4 is 18.7 Å². The average Bonchev–Trinajstić information content (AvgIpc) is 3.14. The topological polar surface area (TPSA) is 83.0 Å². The summed E-state index contributed by atoms with van der Waals surface area (Å²) in [7, 11) is -0.494. The van der Waals surface area contributed by atoms with Gasteiger partial charge in [-0.3, -0.25) is 0 Å². The Bertz CT molecular complexity index is 717. The summed E-state index contributed by atoms with van der Waals surface area (Å²) < 4.78 is 23.2. The molecule has 8 nitrogen and oxygen atoms in total. The van der Waals surface area contributed by atoms with Crippen LogP contribution in [0.25, 0.3) is 0 Å². The molecule has 160 valence electrons. The highest BCUT2D eigenvalue weighted by Gasteiger charge is 2.52. The number of aromatic nitrogens is 2. The molecular formula is C20H32BN3O5. The van der Waals surface area contributed by atoms with Crippen molar-refractivity contribution in [3.05, 3.63) is 12.4 Å². The summed E-state index contributed by atoms with van der Waals surface area (Å²) in [4.78, 5) is 22.4. The van der Waals surface area contributed by atoms with Gasteiger partial charge in [0.25, 0.3) is 0 Å². The van der Waals surface area contributed by atoms with Crippen LogP contribution in [0.3, 0.4) is 0 Å². The van der Waals surface area contributed by atoms with Gasteiger partial charge in [-0.05, 0) is 54.9 Å². The maximum atomic E-state index is 12.2. The molecule has 1 aromatic heterocycles. The molecule has 2 aliphatic rings. The molecule has 29 heavy (non-hydrogen) atoms. The quantitative estimate of drug-likeness (QED) is 0.712. The number of carbonyl (C=O) groups is 1. The number of hydrogen-bond donors (Lipinski definition) is 0. The van der Waals surface area contributed by atoms with Crippen LogP contribution in [0.2, 0.25) is 0 Å². The molecule has 2 saturated heterocycles. The van der Waals surface area contributed by atoms with Crippen LogP contribution in [-0.2, 0) is 14.0 Å². The first-order chi connectivity index (χ1) is 13.4. The van der Waals surface area contributed by atoms with Gasteiger partial charge in [-0.15, -0.1) is 0 Å². The minimum atomic E-state index is -0.494. The highest BCUT2D eigenvalue weighted by atomic mass is 16.7. The predicted octanol–water partition coefficient (Wildman–Crippen LogP) is 2.41. The van der Waals surface area contributed by atoms with Crippen molar-refractivity contribution in [2.45, 2.75) is 71.7 Å². The van der Waals surface area contributed by atoms with E-state index in [9.17, 15) is 4.79 Å². The van der Waals surface area contributed by atoms with Crippen LogP contribution < -0.4 is 10.2 Å². The lowest BCUT2D eigenvalue weighted by molar-refractivity contribution is 0.00578. The van der Waals surface area contributed by atoms with Crippen molar-refractivity contribution in [3.8, 4) is 6.01 Å². The number of nitrogens with zero attached hydrogens (tertiary/aromatic N) is 3. The molecule has 1 atom stereocenters. The number of carbonyl (C=O) groups excluding carboxylic acids is 1. The summed E-state index contributed by atoms with van der Waals surface area (Å²) in [5.41, 5.74) is -0.545. The molecule has 0 N–H and O–H groups in total. The van der Waals surface area contributed by atoms with Gasteiger partial charge in [0.15, 0.2) is 0 Å². The first-order valence-corrected chi connectivity index (χ1v) is 10.1. The molecular weight excluding hydrogens is 373 g/mol. The number of ether oxygens (including phenoxy) is 2. The second kappa shape index (κ2) is 7.76. The van der Waals surface area contributed by atoms with E-state index >= 15 is 0 Å². The van der Waals surface area contributed by atoms with Gasteiger partial charge in [0.05, 0.1) is 17.8 Å². The van der Waals surface area contributed by atoms with Crippen molar-refractivity contribution in [2.24, 2.45) is 5.92 Å². The van der Waals surface area contributed by atoms with Crippen molar-refractivity contribution in [3.63, 3.8) is 0 Å². The van der Waals surface area contributed by atoms with Crippen molar-refractivity contribution in [2.75, 3.05) is 19.7 Å². The minimum absolute atomic E-state index is 0.230. The first-order valence-electron chi connectivity index (χ1n) is 10.1. The van der Waals surface area contributed by atoms with Crippen LogP contribution in [-0.4, -0.2) is 64.6 Å². The highest BCUT2D eigenvalue weighted by Crippen LogP contribution is 2.36. The lowest BCUT2D eigenvalue weighted by Crippen LogP contribution is -2.41. The van der Waals surface area contributed by atoms with E-state index in [1.54, 1.807) is 17.3 Å². The summed E-state index contributed by atoms with van der Waals surface area (Å²) >= 11 is 0. The summed E-state index contributed by atoms with van der Waals surface area (Å²) in [5, 5.41) is 0. The Labute approximate surface area is 173 Å². The van der Waals surface area contributed by atoms with E-state index in [4.69, 9.17) is 18.8 Å². The van der Waals surface area contributed by atoms with Crippen LogP contribution in [0, 0.1) is 5.92 Å². The Morgan fingerprint density at radius 2 is 1.79 bits per heavy atom. The van der Waals surface area contributed by atoms with Crippen molar-refractivity contribution < 1.29 is 23.6 Å². The molecule has 1 aromatic rings. The van der Waals surface area contributed by atoms with Gasteiger partial charge in [-0.1, -0.05) is 0 Å². The summed E-state index contributed by atoms with van der Waals surface area (Å²) in [6.07, 6.45) is 3.94. The van der Waals surface area contributed by atoms with E-state index < -0.39 is 23.9 Å². The molecule has 0 saturated carbocycles. The minimum Gasteiger partial charge on any atom is -0.463 e. The average molecular weight is 405 g/mol. The first kappa shape index (κ1) is 21.8. The lowest BCUT2D eigenvalue weighted by Gasteiger charge is -2.32. The zero-order chi connectivity index (χ0) is 21.4. The van der Waals surface area contributed by atoms with Crippen LogP contribution in [0.5, 0.6) is 6.01 Å². The van der Waals surface area contributed by atoms with E-state index in [-0.39, 0.29) is 12.0 Å². The largest absolute Gasteiger partial charge is 0.498 e. The highest BCUT2D eigenvalue weighted by molar-refractivity contribution is 6.61. The predicted molar refractivity (Wildman–Crippen MR) is 109 cm³/mol. The Kier molecular flexibility index (Phi) is 5.84. The summed E-state index contributed by atoms with van der Waals surface area (Å²) in [6, 6.07) is 0.306. The molecule has 1 amide bonds. The third-order valence-corrected chi connectivity index (χ3v) is 5.56. The molecule has 3 heterocycles. The van der Waals surface area contributed by atoms with Crippen LogP contribution >= 0.6 is 0 Å². The van der Waals surface area contributed by atoms with Crippen LogP contribution in [0.15, 0.2) is 12.4 Å². The standard InChI is InChI=1S/C20H32BN3O5/c1-18(2,3)27-17(25)24-9-8-14(12-24)13-26-16-22-10-15(11-23-16)21-28-19(4,5)20(6,7)29-21/h10-11,14H,8-9,12-13H2,1-7H3/t14-/m1/s1. The van der Waals surface area contributed by atoms with E-state index in [2.05, 4.69) is 9.97 Å². The monoisotopic (exact) mass is 405 g/mol. The zero-order valence-electron chi connectivity index (χ0n) is 18.5. The molecule has 2 fully saturated rings. The molecule has 2 aliphatic heterocycles. The second-order valence-electron chi connectivity index (χ2n) is 9.78. The second-order valence-corrected chi connectivity index (χ2v) is 9.78. The smallest absolute Gasteiger partial charge is 0.463 e. The van der Waals surface area contributed by atoms with E-state index in [0.717, 1.165) is 11.9 Å². The van der Waals surface area contributed by atoms with Gasteiger partial charge in [0, 0.05) is 36.9 Å². The van der Waals surface area contributed by atoms with E-state index in [0.29, 0.717) is 25.7 Å². The maximum Gasteiger partial charge on any atom is 0.498 e. The van der Waals surface area contributed by atoms with Crippen molar-refractivity contribution in [1.29, 1.82) is 0 Å². The molecule has 0 aromatic carbocycles. The summed E-state index contributed by atoms with van der Waals surface area (Å²) in [5.74, 6) is 0.230. The molecule has 0 unspecified atom stereocenters. The maximum absolute atomic E-state index is 12.2. The van der Waals surface area contributed by atoms with Crippen LogP contribution in [0.1, 0.15) is 54.9 Å². The Balaban J connectivity index is 1.49. The number of hydrogen-bond acceptors (Lipinski definition) is 7. The van der Waals surface area contributed by atoms with E-state index in [1.165, 1.54) is 0 Å². The Hall–Kier alpha value is -1.87. The third kappa shape index (κ3) is 5.19. The fourth-order valence-corrected chi connectivity index (χ4v) is 3.15. The van der Waals surface area contributed by atoms with Crippen molar-refractivity contribution in [1.82, 2.24) is 14.9 Å². The SMILES string of the molecule is CC(C)(C)OC(=O)N1CC[C@@H](COc2ncc(B3OC(C)(C)C(C)(C)O3)cn2)C1. The molecule has 0 radical (unpaired) electrons. The van der Waals surface area contributed by atoms with Gasteiger partial charge in [-0.25, -0.2) is 14.8 Å². The molecule has 9 heteroatoms. The lowest BCUT2D eigenvalue weighted by atomic mass is 9.81. The normalized spacial score (nSPS) is 23.3. The Morgan fingerprint density at radius 3 is 2.34 bits per heavy atom. The molecule has 3 rings (SSSR count). The van der Waals surface area contributed by atoms with Gasteiger partial charge in [-0.2, -0.15) is 0 Å². The van der Waals surface area contributed by atoms with Gasteiger partial charge in [0.2, 0.25) is 0 Å². The fourth-order valence-electron chi connectivity index (χ4n) is 3.15. The van der Waals surface area contributed by atoms with Gasteiger partial charge < -0.3 is 23.7 Å². The molecule has 0 bridgehead atoms. The van der Waals surface area contributed by atoms with Crippen LogP contribution in [0.4, 0.5) is 4.79 Å². The fraction of sp³-hybridized carbons (Fsp3) is 0.750. The number of likely N-dealkylation sites (tertiary alicyclic amines) is 1.